The molecule has 0 aliphatic heterocycles. The van der Waals surface area contributed by atoms with Gasteiger partial charge in [-0.3, -0.25) is 4.79 Å². The smallest absolute Gasteiger partial charge is 0.221 e. The van der Waals surface area contributed by atoms with Gasteiger partial charge in [-0.2, -0.15) is 0 Å². The zero-order valence-corrected chi connectivity index (χ0v) is 8.12. The van der Waals surface area contributed by atoms with E-state index in [0.717, 1.165) is 17.7 Å². The van der Waals surface area contributed by atoms with Gasteiger partial charge in [0, 0.05) is 12.6 Å². The van der Waals surface area contributed by atoms with E-state index in [1.807, 2.05) is 24.3 Å². The van der Waals surface area contributed by atoms with Crippen molar-refractivity contribution in [1.29, 1.82) is 0 Å². The molecule has 0 bridgehead atoms. The maximum atomic E-state index is 10.7. The second kappa shape index (κ2) is 5.36. The number of nitrogens with two attached hydrogens (primary N) is 1. The predicted molar refractivity (Wildman–Crippen MR) is 54.6 cm³/mol. The van der Waals surface area contributed by atoms with E-state index in [4.69, 9.17) is 5.90 Å². The van der Waals surface area contributed by atoms with Crippen molar-refractivity contribution in [2.75, 3.05) is 11.9 Å². The molecular weight excluding hydrogens is 180 g/mol. The third-order valence-electron chi connectivity index (χ3n) is 1.78. The number of nitrogens with one attached hydrogen (secondary N) is 1. The summed E-state index contributed by atoms with van der Waals surface area (Å²) < 4.78 is 0. The Morgan fingerprint density at radius 1 is 1.43 bits per heavy atom. The monoisotopic (exact) mass is 194 g/mol. The summed E-state index contributed by atoms with van der Waals surface area (Å²) in [6, 6.07) is 7.58. The van der Waals surface area contributed by atoms with Crippen LogP contribution in [0.3, 0.4) is 0 Å². The fourth-order valence-corrected chi connectivity index (χ4v) is 1.13. The van der Waals surface area contributed by atoms with Crippen LogP contribution in [0.4, 0.5) is 5.69 Å². The van der Waals surface area contributed by atoms with E-state index < -0.39 is 0 Å². The standard InChI is InChI=1S/C10H14N2O2/c1-8(13)12-10-4-2-9(3-5-10)6-7-14-11/h2-5H,6-7,11H2,1H3,(H,12,13). The minimum absolute atomic E-state index is 0.0666. The summed E-state index contributed by atoms with van der Waals surface area (Å²) in [7, 11) is 0. The van der Waals surface area contributed by atoms with Gasteiger partial charge < -0.3 is 10.2 Å². The average Bonchev–Trinajstić information content (AvgIpc) is 2.16. The molecule has 0 unspecified atom stereocenters. The highest BCUT2D eigenvalue weighted by atomic mass is 16.6. The number of hydrogen-bond acceptors (Lipinski definition) is 3. The molecule has 1 rings (SSSR count). The molecule has 76 valence electrons. The quantitative estimate of drug-likeness (QED) is 0.705. The molecule has 0 spiro atoms. The molecule has 1 aromatic carbocycles. The lowest BCUT2D eigenvalue weighted by molar-refractivity contribution is -0.114. The number of amides is 1. The molecule has 14 heavy (non-hydrogen) atoms. The van der Waals surface area contributed by atoms with Crippen molar-refractivity contribution in [3.8, 4) is 0 Å². The van der Waals surface area contributed by atoms with E-state index >= 15 is 0 Å². The molecule has 1 amide bonds. The minimum atomic E-state index is -0.0666. The van der Waals surface area contributed by atoms with Gasteiger partial charge in [-0.15, -0.1) is 0 Å². The molecule has 0 saturated heterocycles. The summed E-state index contributed by atoms with van der Waals surface area (Å²) in [6.07, 6.45) is 0.775. The predicted octanol–water partition coefficient (Wildman–Crippen LogP) is 1.08. The molecule has 0 aliphatic rings. The van der Waals surface area contributed by atoms with Crippen molar-refractivity contribution in [2.24, 2.45) is 5.90 Å². The SMILES string of the molecule is CC(=O)Nc1ccc(CCON)cc1. The summed E-state index contributed by atoms with van der Waals surface area (Å²) in [4.78, 5) is 15.2. The maximum absolute atomic E-state index is 10.7. The fraction of sp³-hybridized carbons (Fsp3) is 0.300. The zero-order valence-electron chi connectivity index (χ0n) is 8.12. The number of hydrogen-bond donors (Lipinski definition) is 2. The summed E-state index contributed by atoms with van der Waals surface area (Å²) in [5.74, 6) is 4.85. The van der Waals surface area contributed by atoms with E-state index in [2.05, 4.69) is 10.2 Å². The Morgan fingerprint density at radius 2 is 2.07 bits per heavy atom. The van der Waals surface area contributed by atoms with Gasteiger partial charge in [0.1, 0.15) is 0 Å². The third-order valence-corrected chi connectivity index (χ3v) is 1.78. The van der Waals surface area contributed by atoms with E-state index in [1.54, 1.807) is 0 Å². The summed E-state index contributed by atoms with van der Waals surface area (Å²) >= 11 is 0. The summed E-state index contributed by atoms with van der Waals surface area (Å²) in [5, 5.41) is 2.69. The van der Waals surface area contributed by atoms with Crippen LogP contribution >= 0.6 is 0 Å². The molecule has 0 radical (unpaired) electrons. The normalized spacial score (nSPS) is 9.86. The first kappa shape index (κ1) is 10.7. The largest absolute Gasteiger partial charge is 0.326 e. The zero-order chi connectivity index (χ0) is 10.4. The van der Waals surface area contributed by atoms with Crippen LogP contribution in [0.5, 0.6) is 0 Å². The minimum Gasteiger partial charge on any atom is -0.326 e. The van der Waals surface area contributed by atoms with Crippen LogP contribution in [-0.4, -0.2) is 12.5 Å². The number of carbonyl (C=O) groups is 1. The highest BCUT2D eigenvalue weighted by Crippen LogP contribution is 2.09. The molecule has 0 atom stereocenters. The van der Waals surface area contributed by atoms with Gasteiger partial charge in [0.15, 0.2) is 0 Å². The molecule has 3 N–H and O–H groups in total. The summed E-state index contributed by atoms with van der Waals surface area (Å²) in [5.41, 5.74) is 1.93. The second-order valence-electron chi connectivity index (χ2n) is 3.00. The van der Waals surface area contributed by atoms with Crippen molar-refractivity contribution in [1.82, 2.24) is 0 Å². The van der Waals surface area contributed by atoms with Crippen LogP contribution in [0.25, 0.3) is 0 Å². The molecule has 4 nitrogen and oxygen atoms in total. The van der Waals surface area contributed by atoms with E-state index in [1.165, 1.54) is 6.92 Å². The second-order valence-corrected chi connectivity index (χ2v) is 3.00. The Morgan fingerprint density at radius 3 is 2.57 bits per heavy atom. The van der Waals surface area contributed by atoms with Gasteiger partial charge >= 0.3 is 0 Å². The molecule has 0 aromatic heterocycles. The fourth-order valence-electron chi connectivity index (χ4n) is 1.13. The lowest BCUT2D eigenvalue weighted by atomic mass is 10.1. The molecule has 0 saturated carbocycles. The highest BCUT2D eigenvalue weighted by Gasteiger charge is 1.96. The third kappa shape index (κ3) is 3.55. The van der Waals surface area contributed by atoms with Crippen LogP contribution in [-0.2, 0) is 16.1 Å². The van der Waals surface area contributed by atoms with Crippen LogP contribution in [0, 0.1) is 0 Å². The van der Waals surface area contributed by atoms with Crippen LogP contribution < -0.4 is 11.2 Å². The van der Waals surface area contributed by atoms with Crippen molar-refractivity contribution in [2.45, 2.75) is 13.3 Å². The lowest BCUT2D eigenvalue weighted by Crippen LogP contribution is -2.06. The number of carbonyl (C=O) groups excluding carboxylic acids is 1. The molecule has 1 aromatic rings. The van der Waals surface area contributed by atoms with Crippen LogP contribution in [0.1, 0.15) is 12.5 Å². The number of rotatable bonds is 4. The van der Waals surface area contributed by atoms with Crippen molar-refractivity contribution in [3.63, 3.8) is 0 Å². The molecule has 4 heteroatoms. The van der Waals surface area contributed by atoms with Crippen LogP contribution in [0.15, 0.2) is 24.3 Å². The van der Waals surface area contributed by atoms with Gasteiger partial charge in [0.05, 0.1) is 6.61 Å². The van der Waals surface area contributed by atoms with Crippen molar-refractivity contribution < 1.29 is 9.63 Å². The van der Waals surface area contributed by atoms with Gasteiger partial charge in [0.25, 0.3) is 0 Å². The topological polar surface area (TPSA) is 64.3 Å². The Hall–Kier alpha value is -1.39. The van der Waals surface area contributed by atoms with E-state index in [0.29, 0.717) is 6.61 Å². The Labute approximate surface area is 83.0 Å². The van der Waals surface area contributed by atoms with Gasteiger partial charge in [-0.1, -0.05) is 12.1 Å². The van der Waals surface area contributed by atoms with Gasteiger partial charge in [-0.25, -0.2) is 5.90 Å². The lowest BCUT2D eigenvalue weighted by Gasteiger charge is -2.03. The first-order chi connectivity index (χ1) is 6.72. The molecule has 0 heterocycles. The Balaban J connectivity index is 2.54. The maximum Gasteiger partial charge on any atom is 0.221 e. The van der Waals surface area contributed by atoms with Crippen LogP contribution in [0.2, 0.25) is 0 Å². The molecule has 0 fully saturated rings. The number of anilines is 1. The van der Waals surface area contributed by atoms with E-state index in [-0.39, 0.29) is 5.91 Å². The van der Waals surface area contributed by atoms with E-state index in [9.17, 15) is 4.79 Å². The Bertz CT molecular complexity index is 295. The molecular formula is C10H14N2O2. The average molecular weight is 194 g/mol. The van der Waals surface area contributed by atoms with Crippen molar-refractivity contribution >= 4 is 11.6 Å². The number of benzene rings is 1. The van der Waals surface area contributed by atoms with Crippen molar-refractivity contribution in [3.05, 3.63) is 29.8 Å². The van der Waals surface area contributed by atoms with Gasteiger partial charge in [-0.05, 0) is 24.1 Å². The Kier molecular flexibility index (Phi) is 4.10. The highest BCUT2D eigenvalue weighted by molar-refractivity contribution is 5.88. The van der Waals surface area contributed by atoms with Gasteiger partial charge in [0.2, 0.25) is 5.91 Å². The molecule has 0 aliphatic carbocycles. The summed E-state index contributed by atoms with van der Waals surface area (Å²) in [6.45, 7) is 1.98. The first-order valence-electron chi connectivity index (χ1n) is 4.40. The first-order valence-corrected chi connectivity index (χ1v) is 4.40.